The summed E-state index contributed by atoms with van der Waals surface area (Å²) in [7, 11) is 1.73. The summed E-state index contributed by atoms with van der Waals surface area (Å²) < 4.78 is 10.9. The molecular weight excluding hydrogens is 483 g/mol. The number of nitrogens with zero attached hydrogens (tertiary/aromatic N) is 4. The first kappa shape index (κ1) is 22.6. The van der Waals surface area contributed by atoms with Gasteiger partial charge in [0.15, 0.2) is 11.8 Å². The second kappa shape index (κ2) is 12.0. The molecule has 0 saturated carbocycles. The van der Waals surface area contributed by atoms with Crippen molar-refractivity contribution in [1.82, 2.24) is 25.8 Å². The van der Waals surface area contributed by atoms with Crippen molar-refractivity contribution in [2.24, 2.45) is 4.99 Å². The maximum Gasteiger partial charge on any atom is 0.276 e. The van der Waals surface area contributed by atoms with Gasteiger partial charge in [-0.2, -0.15) is 4.98 Å². The molecule has 2 aromatic heterocycles. The molecule has 0 radical (unpaired) electrons. The van der Waals surface area contributed by atoms with Crippen LogP contribution in [0.4, 0.5) is 0 Å². The van der Waals surface area contributed by atoms with Crippen LogP contribution in [-0.4, -0.2) is 47.8 Å². The zero-order chi connectivity index (χ0) is 19.6. The highest BCUT2D eigenvalue weighted by Gasteiger charge is 2.09. The van der Waals surface area contributed by atoms with Crippen molar-refractivity contribution in [3.05, 3.63) is 60.0 Å². The van der Waals surface area contributed by atoms with E-state index in [0.29, 0.717) is 49.5 Å². The Morgan fingerprint density at radius 1 is 1.10 bits per heavy atom. The smallest absolute Gasteiger partial charge is 0.276 e. The fourth-order valence-electron chi connectivity index (χ4n) is 2.43. The molecule has 9 heteroatoms. The molecule has 1 aromatic carbocycles. The fourth-order valence-corrected chi connectivity index (χ4v) is 2.43. The number of benzene rings is 1. The van der Waals surface area contributed by atoms with Crippen molar-refractivity contribution >= 4 is 29.9 Å². The number of aliphatic imine (C=N–C) groups is 1. The van der Waals surface area contributed by atoms with Crippen LogP contribution in [0.5, 0.6) is 5.75 Å². The lowest BCUT2D eigenvalue weighted by molar-refractivity contribution is 0.322. The van der Waals surface area contributed by atoms with Gasteiger partial charge in [0.2, 0.25) is 0 Å². The maximum absolute atomic E-state index is 5.69. The number of guanidine groups is 1. The SMILES string of the molecule is CN=C(NCCOc1ccc(C)cc1)NCCc1noc(-c2ccccn2)n1.I. The third-order valence-corrected chi connectivity index (χ3v) is 3.90. The molecule has 3 aromatic rings. The number of rotatable bonds is 8. The number of hydrogen-bond donors (Lipinski definition) is 2. The molecule has 0 aliphatic rings. The van der Waals surface area contributed by atoms with Gasteiger partial charge in [-0.05, 0) is 31.2 Å². The van der Waals surface area contributed by atoms with E-state index in [1.165, 1.54) is 5.56 Å². The van der Waals surface area contributed by atoms with Crippen LogP contribution in [-0.2, 0) is 6.42 Å². The summed E-state index contributed by atoms with van der Waals surface area (Å²) in [6, 6.07) is 13.5. The predicted octanol–water partition coefficient (Wildman–Crippen LogP) is 2.84. The number of pyridine rings is 1. The predicted molar refractivity (Wildman–Crippen MR) is 123 cm³/mol. The molecule has 8 nitrogen and oxygen atoms in total. The Kier molecular flexibility index (Phi) is 9.35. The summed E-state index contributed by atoms with van der Waals surface area (Å²) in [6.07, 6.45) is 2.30. The van der Waals surface area contributed by atoms with Crippen LogP contribution in [0.2, 0.25) is 0 Å². The van der Waals surface area contributed by atoms with Crippen LogP contribution in [0.15, 0.2) is 58.2 Å². The van der Waals surface area contributed by atoms with Gasteiger partial charge in [-0.1, -0.05) is 28.9 Å². The number of ether oxygens (including phenoxy) is 1. The van der Waals surface area contributed by atoms with E-state index in [9.17, 15) is 0 Å². The van der Waals surface area contributed by atoms with Crippen LogP contribution in [0.1, 0.15) is 11.4 Å². The average Bonchev–Trinajstić information content (AvgIpc) is 3.21. The molecule has 3 rings (SSSR count). The topological polar surface area (TPSA) is 97.5 Å². The molecule has 0 aliphatic heterocycles. The first-order valence-corrected chi connectivity index (χ1v) is 9.12. The Hall–Kier alpha value is -2.69. The van der Waals surface area contributed by atoms with E-state index in [2.05, 4.69) is 37.7 Å². The van der Waals surface area contributed by atoms with E-state index in [-0.39, 0.29) is 24.0 Å². The quantitative estimate of drug-likeness (QED) is 0.209. The standard InChI is InChI=1S/C20H24N6O2.HI/c1-15-6-8-16(9-7-15)27-14-13-24-20(21-2)23-12-10-18-25-19(28-26-18)17-5-3-4-11-22-17;/h3-9,11H,10,12-14H2,1-2H3,(H2,21,23,24);1H. The third-order valence-electron chi connectivity index (χ3n) is 3.90. The summed E-state index contributed by atoms with van der Waals surface area (Å²) in [5, 5.41) is 10.4. The van der Waals surface area contributed by atoms with Gasteiger partial charge in [-0.3, -0.25) is 9.98 Å². The van der Waals surface area contributed by atoms with Crippen molar-refractivity contribution in [2.45, 2.75) is 13.3 Å². The van der Waals surface area contributed by atoms with Crippen molar-refractivity contribution in [3.8, 4) is 17.3 Å². The number of hydrogen-bond acceptors (Lipinski definition) is 6. The molecule has 0 aliphatic carbocycles. The van der Waals surface area contributed by atoms with Gasteiger partial charge < -0.3 is 19.9 Å². The van der Waals surface area contributed by atoms with Gasteiger partial charge >= 0.3 is 0 Å². The van der Waals surface area contributed by atoms with Crippen molar-refractivity contribution in [3.63, 3.8) is 0 Å². The summed E-state index contributed by atoms with van der Waals surface area (Å²) in [6.45, 7) is 3.86. The fraction of sp³-hybridized carbons (Fsp3) is 0.300. The Bertz CT molecular complexity index is 884. The number of halogens is 1. The van der Waals surface area contributed by atoms with E-state index >= 15 is 0 Å². The number of nitrogens with one attached hydrogen (secondary N) is 2. The van der Waals surface area contributed by atoms with Gasteiger partial charge in [0.05, 0.1) is 6.54 Å². The third kappa shape index (κ3) is 7.33. The molecule has 0 unspecified atom stereocenters. The van der Waals surface area contributed by atoms with Crippen molar-refractivity contribution < 1.29 is 9.26 Å². The lowest BCUT2D eigenvalue weighted by atomic mass is 10.2. The van der Waals surface area contributed by atoms with Crippen molar-refractivity contribution in [2.75, 3.05) is 26.7 Å². The summed E-state index contributed by atoms with van der Waals surface area (Å²) in [5.74, 6) is 2.59. The molecule has 29 heavy (non-hydrogen) atoms. The second-order valence-electron chi connectivity index (χ2n) is 6.07. The summed E-state index contributed by atoms with van der Waals surface area (Å²) in [4.78, 5) is 12.7. The molecule has 0 bridgehead atoms. The van der Waals surface area contributed by atoms with Crippen LogP contribution in [0.3, 0.4) is 0 Å². The first-order chi connectivity index (χ1) is 13.7. The number of aryl methyl sites for hydroxylation is 1. The zero-order valence-corrected chi connectivity index (χ0v) is 18.8. The van der Waals surface area contributed by atoms with Gasteiger partial charge in [0, 0.05) is 26.2 Å². The van der Waals surface area contributed by atoms with Gasteiger partial charge in [-0.25, -0.2) is 0 Å². The molecule has 154 valence electrons. The highest BCUT2D eigenvalue weighted by atomic mass is 127. The van der Waals surface area contributed by atoms with Gasteiger partial charge in [0.1, 0.15) is 18.1 Å². The average molecular weight is 508 g/mol. The zero-order valence-electron chi connectivity index (χ0n) is 16.5. The molecule has 0 amide bonds. The minimum absolute atomic E-state index is 0. The van der Waals surface area contributed by atoms with Crippen LogP contribution < -0.4 is 15.4 Å². The Labute approximate surface area is 187 Å². The minimum atomic E-state index is 0. The monoisotopic (exact) mass is 508 g/mol. The molecule has 0 spiro atoms. The highest BCUT2D eigenvalue weighted by molar-refractivity contribution is 14.0. The van der Waals surface area contributed by atoms with E-state index < -0.39 is 0 Å². The second-order valence-corrected chi connectivity index (χ2v) is 6.07. The Balaban J connectivity index is 0.00000300. The van der Waals surface area contributed by atoms with E-state index in [1.807, 2.05) is 42.5 Å². The van der Waals surface area contributed by atoms with Crippen LogP contribution >= 0.6 is 24.0 Å². The molecule has 0 saturated heterocycles. The lowest BCUT2D eigenvalue weighted by Crippen LogP contribution is -2.40. The normalized spacial score (nSPS) is 10.9. The van der Waals surface area contributed by atoms with Gasteiger partial charge in [-0.15, -0.1) is 24.0 Å². The molecule has 0 fully saturated rings. The Morgan fingerprint density at radius 2 is 1.90 bits per heavy atom. The molecule has 2 N–H and O–H groups in total. The van der Waals surface area contributed by atoms with E-state index in [0.717, 1.165) is 5.75 Å². The first-order valence-electron chi connectivity index (χ1n) is 9.12. The highest BCUT2D eigenvalue weighted by Crippen LogP contribution is 2.13. The number of aromatic nitrogens is 3. The van der Waals surface area contributed by atoms with Crippen LogP contribution in [0, 0.1) is 6.92 Å². The van der Waals surface area contributed by atoms with E-state index in [1.54, 1.807) is 13.2 Å². The van der Waals surface area contributed by atoms with Crippen LogP contribution in [0.25, 0.3) is 11.6 Å². The largest absolute Gasteiger partial charge is 0.492 e. The van der Waals surface area contributed by atoms with Gasteiger partial charge in [0.25, 0.3) is 5.89 Å². The van der Waals surface area contributed by atoms with E-state index in [4.69, 9.17) is 9.26 Å². The molecule has 0 atom stereocenters. The molecule has 2 heterocycles. The lowest BCUT2D eigenvalue weighted by Gasteiger charge is -2.12. The maximum atomic E-state index is 5.69. The summed E-state index contributed by atoms with van der Waals surface area (Å²) in [5.41, 5.74) is 1.88. The minimum Gasteiger partial charge on any atom is -0.492 e. The molecular formula is C20H25IN6O2. The van der Waals surface area contributed by atoms with Crippen molar-refractivity contribution in [1.29, 1.82) is 0 Å². The summed E-state index contributed by atoms with van der Waals surface area (Å²) >= 11 is 0. The Morgan fingerprint density at radius 3 is 2.62 bits per heavy atom.